The molecule has 1 saturated heterocycles. The Morgan fingerprint density at radius 2 is 1.97 bits per heavy atom. The Labute approximate surface area is 180 Å². The largest absolute Gasteiger partial charge is 0.496 e. The average Bonchev–Trinajstić information content (AvgIpc) is 3.44. The second kappa shape index (κ2) is 8.99. The first kappa shape index (κ1) is 20.6. The number of aliphatic hydroxyl groups excluding tert-OH is 1. The highest BCUT2D eigenvalue weighted by Gasteiger charge is 2.26. The molecule has 1 amide bonds. The molecule has 0 bridgehead atoms. The predicted molar refractivity (Wildman–Crippen MR) is 117 cm³/mol. The van der Waals surface area contributed by atoms with Crippen molar-refractivity contribution in [3.05, 3.63) is 58.4 Å². The van der Waals surface area contributed by atoms with Crippen molar-refractivity contribution in [2.75, 3.05) is 39.8 Å². The number of aliphatic hydroxyl groups is 1. The third kappa shape index (κ3) is 4.26. The van der Waals surface area contributed by atoms with E-state index >= 15 is 0 Å². The summed E-state index contributed by atoms with van der Waals surface area (Å²) in [5, 5.41) is 16.9. The number of ether oxygens (including phenoxy) is 1. The summed E-state index contributed by atoms with van der Waals surface area (Å²) >= 11 is 1.57. The molecular weight excluding hydrogens is 400 g/mol. The summed E-state index contributed by atoms with van der Waals surface area (Å²) in [6, 6.07) is 13.4. The zero-order chi connectivity index (χ0) is 21.1. The van der Waals surface area contributed by atoms with Crippen molar-refractivity contribution in [3.8, 4) is 17.0 Å². The van der Waals surface area contributed by atoms with E-state index in [1.807, 2.05) is 52.7 Å². The topological polar surface area (TPSA) is 70.8 Å². The van der Waals surface area contributed by atoms with Crippen LogP contribution in [0.2, 0.25) is 0 Å². The molecule has 2 aromatic heterocycles. The van der Waals surface area contributed by atoms with Crippen LogP contribution < -0.4 is 4.74 Å². The van der Waals surface area contributed by atoms with E-state index in [-0.39, 0.29) is 5.91 Å². The van der Waals surface area contributed by atoms with E-state index in [2.05, 4.69) is 10.00 Å². The lowest BCUT2D eigenvalue weighted by atomic mass is 10.1. The Morgan fingerprint density at radius 1 is 1.20 bits per heavy atom. The van der Waals surface area contributed by atoms with Crippen molar-refractivity contribution in [1.29, 1.82) is 0 Å². The normalized spacial score (nSPS) is 15.9. The number of nitrogens with zero attached hydrogens (tertiary/aromatic N) is 4. The van der Waals surface area contributed by atoms with Crippen molar-refractivity contribution in [1.82, 2.24) is 19.6 Å². The van der Waals surface area contributed by atoms with E-state index < -0.39 is 6.10 Å². The number of benzene rings is 1. The predicted octanol–water partition coefficient (Wildman–Crippen LogP) is 2.65. The third-order valence-electron chi connectivity index (χ3n) is 5.44. The van der Waals surface area contributed by atoms with Gasteiger partial charge in [-0.25, -0.2) is 0 Å². The molecule has 1 aliphatic heterocycles. The molecule has 8 heteroatoms. The standard InChI is InChI=1S/C22H26N4O3S/c1-24-18(14-17(23-24)16-6-3-4-7-20(16)29-2)22(28)26-11-9-25(10-12-26)15-19(27)21-8-5-13-30-21/h3-8,13-14,19,27H,9-12,15H2,1-2H3. The molecule has 0 radical (unpaired) electrons. The highest BCUT2D eigenvalue weighted by atomic mass is 32.1. The van der Waals surface area contributed by atoms with Crippen LogP contribution in [-0.2, 0) is 7.05 Å². The van der Waals surface area contributed by atoms with Crippen LogP contribution in [0.5, 0.6) is 5.75 Å². The van der Waals surface area contributed by atoms with Crippen LogP contribution >= 0.6 is 11.3 Å². The number of carbonyl (C=O) groups excluding carboxylic acids is 1. The number of piperazine rings is 1. The molecule has 1 fully saturated rings. The van der Waals surface area contributed by atoms with Crippen molar-refractivity contribution in [3.63, 3.8) is 0 Å². The first-order valence-electron chi connectivity index (χ1n) is 9.97. The number of amides is 1. The smallest absolute Gasteiger partial charge is 0.272 e. The molecule has 1 N–H and O–H groups in total. The van der Waals surface area contributed by atoms with Gasteiger partial charge in [-0.1, -0.05) is 18.2 Å². The summed E-state index contributed by atoms with van der Waals surface area (Å²) in [5.41, 5.74) is 2.14. The number of methoxy groups -OCH3 is 1. The molecule has 1 atom stereocenters. The average molecular weight is 427 g/mol. The van der Waals surface area contributed by atoms with Crippen molar-refractivity contribution in [2.45, 2.75) is 6.10 Å². The minimum atomic E-state index is -0.479. The molecule has 1 aliphatic rings. The van der Waals surface area contributed by atoms with E-state index in [1.54, 1.807) is 30.2 Å². The second-order valence-electron chi connectivity index (χ2n) is 7.36. The Morgan fingerprint density at radius 3 is 2.67 bits per heavy atom. The van der Waals surface area contributed by atoms with Crippen LogP contribution in [0.25, 0.3) is 11.3 Å². The first-order valence-corrected chi connectivity index (χ1v) is 10.9. The molecule has 1 aromatic carbocycles. The van der Waals surface area contributed by atoms with E-state index in [0.717, 1.165) is 35.0 Å². The van der Waals surface area contributed by atoms with Gasteiger partial charge < -0.3 is 14.7 Å². The molecule has 7 nitrogen and oxygen atoms in total. The van der Waals surface area contributed by atoms with Gasteiger partial charge in [-0.2, -0.15) is 5.10 Å². The Hall–Kier alpha value is -2.68. The minimum Gasteiger partial charge on any atom is -0.496 e. The number of β-amino-alcohol motifs (C(OH)–C–C–N with tert-alkyl or cyclic N) is 1. The number of hydrogen-bond donors (Lipinski definition) is 1. The van der Waals surface area contributed by atoms with Crippen LogP contribution in [0.15, 0.2) is 47.8 Å². The van der Waals surface area contributed by atoms with Crippen molar-refractivity contribution in [2.24, 2.45) is 7.05 Å². The SMILES string of the molecule is COc1ccccc1-c1cc(C(=O)N2CCN(CC(O)c3cccs3)CC2)n(C)n1. The monoisotopic (exact) mass is 426 g/mol. The molecule has 4 rings (SSSR count). The fourth-order valence-electron chi connectivity index (χ4n) is 3.77. The summed E-state index contributed by atoms with van der Waals surface area (Å²) in [7, 11) is 3.42. The lowest BCUT2D eigenvalue weighted by molar-refractivity contribution is 0.0524. The number of aromatic nitrogens is 2. The Kier molecular flexibility index (Phi) is 6.17. The Bertz CT molecular complexity index is 994. The van der Waals surface area contributed by atoms with Crippen LogP contribution in [-0.4, -0.2) is 70.4 Å². The highest BCUT2D eigenvalue weighted by molar-refractivity contribution is 7.10. The van der Waals surface area contributed by atoms with Gasteiger partial charge in [0.1, 0.15) is 17.5 Å². The van der Waals surface area contributed by atoms with Gasteiger partial charge in [0.05, 0.1) is 12.8 Å². The lowest BCUT2D eigenvalue weighted by Gasteiger charge is -2.35. The summed E-state index contributed by atoms with van der Waals surface area (Å²) in [6.45, 7) is 3.33. The fourth-order valence-corrected chi connectivity index (χ4v) is 4.47. The molecule has 158 valence electrons. The summed E-state index contributed by atoms with van der Waals surface area (Å²) in [5.74, 6) is 0.706. The third-order valence-corrected chi connectivity index (χ3v) is 6.42. The van der Waals surface area contributed by atoms with E-state index in [1.165, 1.54) is 0 Å². The maximum atomic E-state index is 13.1. The summed E-state index contributed by atoms with van der Waals surface area (Å²) in [4.78, 5) is 18.1. The fraction of sp³-hybridized carbons (Fsp3) is 0.364. The van der Waals surface area contributed by atoms with E-state index in [4.69, 9.17) is 4.74 Å². The lowest BCUT2D eigenvalue weighted by Crippen LogP contribution is -2.49. The van der Waals surface area contributed by atoms with Gasteiger partial charge in [0.15, 0.2) is 0 Å². The van der Waals surface area contributed by atoms with Gasteiger partial charge in [0.25, 0.3) is 5.91 Å². The van der Waals surface area contributed by atoms with Gasteiger partial charge in [-0.15, -0.1) is 11.3 Å². The van der Waals surface area contributed by atoms with Gasteiger partial charge in [-0.05, 0) is 29.6 Å². The van der Waals surface area contributed by atoms with Gasteiger partial charge >= 0.3 is 0 Å². The summed E-state index contributed by atoms with van der Waals surface area (Å²) in [6.07, 6.45) is -0.479. The molecule has 0 saturated carbocycles. The van der Waals surface area contributed by atoms with Crippen LogP contribution in [0.4, 0.5) is 0 Å². The first-order chi connectivity index (χ1) is 14.6. The van der Waals surface area contributed by atoms with E-state index in [9.17, 15) is 9.90 Å². The highest BCUT2D eigenvalue weighted by Crippen LogP contribution is 2.29. The molecule has 0 spiro atoms. The van der Waals surface area contributed by atoms with Crippen LogP contribution in [0, 0.1) is 0 Å². The summed E-state index contributed by atoms with van der Waals surface area (Å²) < 4.78 is 7.06. The molecular formula is C22H26N4O3S. The van der Waals surface area contributed by atoms with Gasteiger partial charge in [0, 0.05) is 50.2 Å². The molecule has 3 heterocycles. The zero-order valence-corrected chi connectivity index (χ0v) is 18.0. The number of carbonyl (C=O) groups is 1. The Balaban J connectivity index is 1.40. The van der Waals surface area contributed by atoms with E-state index in [0.29, 0.717) is 25.3 Å². The zero-order valence-electron chi connectivity index (χ0n) is 17.2. The van der Waals surface area contributed by atoms with Crippen molar-refractivity contribution >= 4 is 17.2 Å². The van der Waals surface area contributed by atoms with Crippen molar-refractivity contribution < 1.29 is 14.6 Å². The maximum Gasteiger partial charge on any atom is 0.272 e. The second-order valence-corrected chi connectivity index (χ2v) is 8.34. The molecule has 0 aliphatic carbocycles. The van der Waals surface area contributed by atoms with Crippen LogP contribution in [0.3, 0.4) is 0 Å². The quantitative estimate of drug-likeness (QED) is 0.656. The maximum absolute atomic E-state index is 13.1. The number of aryl methyl sites for hydroxylation is 1. The molecule has 30 heavy (non-hydrogen) atoms. The molecule has 1 unspecified atom stereocenters. The van der Waals surface area contributed by atoms with Gasteiger partial charge in [-0.3, -0.25) is 14.4 Å². The number of rotatable bonds is 6. The molecule has 3 aromatic rings. The number of thiophene rings is 1. The number of para-hydroxylation sites is 1. The number of hydrogen-bond acceptors (Lipinski definition) is 6. The van der Waals surface area contributed by atoms with Crippen LogP contribution in [0.1, 0.15) is 21.5 Å². The van der Waals surface area contributed by atoms with Gasteiger partial charge in [0.2, 0.25) is 0 Å². The minimum absolute atomic E-state index is 0.0235.